The molecule has 0 saturated heterocycles. The third-order valence-electron chi connectivity index (χ3n) is 2.84. The number of anilines is 1. The molecule has 1 aromatic heterocycles. The van der Waals surface area contributed by atoms with Gasteiger partial charge in [0.15, 0.2) is 0 Å². The maximum atomic E-state index is 11.9. The molecule has 0 bridgehead atoms. The van der Waals surface area contributed by atoms with Crippen molar-refractivity contribution < 1.29 is 5.11 Å². The Bertz CT molecular complexity index is 592. The van der Waals surface area contributed by atoms with Gasteiger partial charge in [-0.15, -0.1) is 0 Å². The molecular formula is C13H17N3O2. The first-order valence-electron chi connectivity index (χ1n) is 5.96. The molecule has 1 heterocycles. The highest BCUT2D eigenvalue weighted by Gasteiger charge is 2.08. The van der Waals surface area contributed by atoms with Crippen molar-refractivity contribution in [3.05, 3.63) is 34.6 Å². The Morgan fingerprint density at radius 1 is 1.44 bits per heavy atom. The van der Waals surface area contributed by atoms with Crippen molar-refractivity contribution in [1.29, 1.82) is 0 Å². The highest BCUT2D eigenvalue weighted by molar-refractivity contribution is 5.78. The number of hydrogen-bond donors (Lipinski definition) is 2. The van der Waals surface area contributed by atoms with Crippen LogP contribution in [0.5, 0.6) is 0 Å². The average molecular weight is 247 g/mol. The lowest BCUT2D eigenvalue weighted by atomic mass is 10.2. The van der Waals surface area contributed by atoms with Gasteiger partial charge in [0, 0.05) is 13.6 Å². The van der Waals surface area contributed by atoms with Crippen LogP contribution in [0.3, 0.4) is 0 Å². The summed E-state index contributed by atoms with van der Waals surface area (Å²) in [6, 6.07) is 7.24. The standard InChI is InChI=1S/C13H17N3O2/c1-9(17)7-8-16(2)13-14-11-6-4-3-5-10(11)12(18)15-13/h3-6,9,17H,7-8H2,1-2H3,(H,14,15,18)/t9-/m0/s1. The molecule has 18 heavy (non-hydrogen) atoms. The molecule has 0 aliphatic rings. The summed E-state index contributed by atoms with van der Waals surface area (Å²) in [5.41, 5.74) is 0.541. The van der Waals surface area contributed by atoms with Crippen molar-refractivity contribution in [3.63, 3.8) is 0 Å². The summed E-state index contributed by atoms with van der Waals surface area (Å²) in [5.74, 6) is 0.527. The first-order valence-corrected chi connectivity index (χ1v) is 5.96. The fourth-order valence-electron chi connectivity index (χ4n) is 1.74. The van der Waals surface area contributed by atoms with Gasteiger partial charge < -0.3 is 10.0 Å². The normalized spacial score (nSPS) is 12.6. The van der Waals surface area contributed by atoms with Crippen molar-refractivity contribution in [2.75, 3.05) is 18.5 Å². The van der Waals surface area contributed by atoms with Crippen LogP contribution in [-0.4, -0.2) is 34.8 Å². The van der Waals surface area contributed by atoms with E-state index >= 15 is 0 Å². The third-order valence-corrected chi connectivity index (χ3v) is 2.84. The number of nitrogens with zero attached hydrogens (tertiary/aromatic N) is 2. The van der Waals surface area contributed by atoms with Gasteiger partial charge in [0.25, 0.3) is 5.56 Å². The molecular weight excluding hydrogens is 230 g/mol. The van der Waals surface area contributed by atoms with E-state index in [1.807, 2.05) is 30.1 Å². The Balaban J connectivity index is 2.31. The van der Waals surface area contributed by atoms with Gasteiger partial charge >= 0.3 is 0 Å². The highest BCUT2D eigenvalue weighted by atomic mass is 16.3. The van der Waals surface area contributed by atoms with Crippen LogP contribution in [0.1, 0.15) is 13.3 Å². The van der Waals surface area contributed by atoms with Crippen LogP contribution in [0.15, 0.2) is 29.1 Å². The Labute approximate surface area is 105 Å². The Morgan fingerprint density at radius 2 is 2.17 bits per heavy atom. The number of rotatable bonds is 4. The van der Waals surface area contributed by atoms with Crippen molar-refractivity contribution in [3.8, 4) is 0 Å². The van der Waals surface area contributed by atoms with E-state index in [4.69, 9.17) is 0 Å². The number of hydrogen-bond acceptors (Lipinski definition) is 4. The lowest BCUT2D eigenvalue weighted by Gasteiger charge is -2.18. The highest BCUT2D eigenvalue weighted by Crippen LogP contribution is 2.10. The van der Waals surface area contributed by atoms with Crippen LogP contribution in [0.4, 0.5) is 5.95 Å². The second-order valence-corrected chi connectivity index (χ2v) is 4.47. The molecule has 0 amide bonds. The summed E-state index contributed by atoms with van der Waals surface area (Å²) >= 11 is 0. The van der Waals surface area contributed by atoms with Gasteiger partial charge in [0.05, 0.1) is 17.0 Å². The summed E-state index contributed by atoms with van der Waals surface area (Å²) in [5, 5.41) is 9.84. The number of benzene rings is 1. The molecule has 1 aromatic carbocycles. The van der Waals surface area contributed by atoms with Crippen LogP contribution in [0, 0.1) is 0 Å². The smallest absolute Gasteiger partial charge is 0.260 e. The van der Waals surface area contributed by atoms with E-state index < -0.39 is 0 Å². The van der Waals surface area contributed by atoms with Crippen LogP contribution < -0.4 is 10.5 Å². The fraction of sp³-hybridized carbons (Fsp3) is 0.385. The molecule has 5 heteroatoms. The number of aromatic amines is 1. The minimum Gasteiger partial charge on any atom is -0.393 e. The SMILES string of the molecule is C[C@H](O)CCN(C)c1nc2ccccc2c(=O)[nH]1. The summed E-state index contributed by atoms with van der Waals surface area (Å²) in [4.78, 5) is 20.9. The summed E-state index contributed by atoms with van der Waals surface area (Å²) in [6.45, 7) is 2.38. The molecule has 0 spiro atoms. The quantitative estimate of drug-likeness (QED) is 0.849. The summed E-state index contributed by atoms with van der Waals surface area (Å²) in [7, 11) is 1.84. The number of aromatic nitrogens is 2. The van der Waals surface area contributed by atoms with Gasteiger partial charge in [-0.3, -0.25) is 9.78 Å². The number of aliphatic hydroxyl groups is 1. The average Bonchev–Trinajstić information content (AvgIpc) is 2.36. The van der Waals surface area contributed by atoms with E-state index in [1.165, 1.54) is 0 Å². The molecule has 1 atom stereocenters. The van der Waals surface area contributed by atoms with Gasteiger partial charge in [0.2, 0.25) is 5.95 Å². The van der Waals surface area contributed by atoms with Crippen LogP contribution >= 0.6 is 0 Å². The van der Waals surface area contributed by atoms with E-state index in [0.29, 0.717) is 29.8 Å². The molecule has 0 aliphatic carbocycles. The molecule has 0 saturated carbocycles. The number of fused-ring (bicyclic) bond motifs is 1. The first-order chi connectivity index (χ1) is 8.58. The molecule has 2 rings (SSSR count). The van der Waals surface area contributed by atoms with E-state index in [-0.39, 0.29) is 11.7 Å². The predicted octanol–water partition coefficient (Wildman–Crippen LogP) is 1.13. The zero-order chi connectivity index (χ0) is 13.1. The molecule has 5 nitrogen and oxygen atoms in total. The lowest BCUT2D eigenvalue weighted by Crippen LogP contribution is -2.26. The molecule has 0 unspecified atom stereocenters. The van der Waals surface area contributed by atoms with E-state index in [0.717, 1.165) is 0 Å². The minimum absolute atomic E-state index is 0.139. The maximum Gasteiger partial charge on any atom is 0.260 e. The monoisotopic (exact) mass is 247 g/mol. The molecule has 0 radical (unpaired) electrons. The minimum atomic E-state index is -0.361. The van der Waals surface area contributed by atoms with E-state index in [2.05, 4.69) is 9.97 Å². The zero-order valence-corrected chi connectivity index (χ0v) is 10.6. The number of H-pyrrole nitrogens is 1. The number of para-hydroxylation sites is 1. The molecule has 2 aromatic rings. The molecule has 2 N–H and O–H groups in total. The van der Waals surface area contributed by atoms with E-state index in [9.17, 15) is 9.90 Å². The zero-order valence-electron chi connectivity index (χ0n) is 10.6. The van der Waals surface area contributed by atoms with Crippen molar-refractivity contribution in [2.45, 2.75) is 19.4 Å². The Morgan fingerprint density at radius 3 is 2.89 bits per heavy atom. The van der Waals surface area contributed by atoms with Crippen LogP contribution in [-0.2, 0) is 0 Å². The van der Waals surface area contributed by atoms with Gasteiger partial charge in [0.1, 0.15) is 0 Å². The second-order valence-electron chi connectivity index (χ2n) is 4.47. The predicted molar refractivity (Wildman–Crippen MR) is 71.9 cm³/mol. The number of nitrogens with one attached hydrogen (secondary N) is 1. The van der Waals surface area contributed by atoms with Gasteiger partial charge in [-0.05, 0) is 25.5 Å². The largest absolute Gasteiger partial charge is 0.393 e. The van der Waals surface area contributed by atoms with Crippen molar-refractivity contribution >= 4 is 16.9 Å². The summed E-state index contributed by atoms with van der Waals surface area (Å²) < 4.78 is 0. The molecule has 96 valence electrons. The Hall–Kier alpha value is -1.88. The van der Waals surface area contributed by atoms with Gasteiger partial charge in [-0.25, -0.2) is 4.98 Å². The maximum absolute atomic E-state index is 11.9. The number of aliphatic hydroxyl groups excluding tert-OH is 1. The van der Waals surface area contributed by atoms with Gasteiger partial charge in [-0.1, -0.05) is 12.1 Å². The van der Waals surface area contributed by atoms with Crippen molar-refractivity contribution in [2.24, 2.45) is 0 Å². The van der Waals surface area contributed by atoms with Crippen molar-refractivity contribution in [1.82, 2.24) is 9.97 Å². The lowest BCUT2D eigenvalue weighted by molar-refractivity contribution is 0.186. The molecule has 0 aliphatic heterocycles. The second kappa shape index (κ2) is 5.18. The summed E-state index contributed by atoms with van der Waals surface area (Å²) in [6.07, 6.45) is 0.271. The third kappa shape index (κ3) is 2.68. The first kappa shape index (κ1) is 12.6. The molecule has 0 fully saturated rings. The van der Waals surface area contributed by atoms with Gasteiger partial charge in [-0.2, -0.15) is 0 Å². The van der Waals surface area contributed by atoms with Crippen LogP contribution in [0.25, 0.3) is 10.9 Å². The Kier molecular flexibility index (Phi) is 3.62. The topological polar surface area (TPSA) is 69.2 Å². The fourth-order valence-corrected chi connectivity index (χ4v) is 1.74. The van der Waals surface area contributed by atoms with Crippen LogP contribution in [0.2, 0.25) is 0 Å². The van der Waals surface area contributed by atoms with E-state index in [1.54, 1.807) is 13.0 Å².